The van der Waals surface area contributed by atoms with Crippen molar-refractivity contribution in [1.82, 2.24) is 10.2 Å². The summed E-state index contributed by atoms with van der Waals surface area (Å²) in [5.74, 6) is 0. The lowest BCUT2D eigenvalue weighted by molar-refractivity contribution is 0.0739. The highest BCUT2D eigenvalue weighted by Crippen LogP contribution is 2.41. The van der Waals surface area contributed by atoms with Crippen LogP contribution in [-0.2, 0) is 4.74 Å². The predicted molar refractivity (Wildman–Crippen MR) is 70.4 cm³/mol. The summed E-state index contributed by atoms with van der Waals surface area (Å²) < 4.78 is 7.00. The molecular formula is C11H21IN2O. The first-order valence-electron chi connectivity index (χ1n) is 5.79. The molecule has 2 atom stereocenters. The maximum atomic E-state index is 5.84. The van der Waals surface area contributed by atoms with Crippen LogP contribution in [0.2, 0.25) is 0 Å². The van der Waals surface area contributed by atoms with Crippen LogP contribution in [0.15, 0.2) is 0 Å². The Labute approximate surface area is 106 Å². The number of ether oxygens (including phenoxy) is 1. The Morgan fingerprint density at radius 1 is 1.47 bits per heavy atom. The molecule has 2 fully saturated rings. The zero-order chi connectivity index (χ0) is 10.9. The highest BCUT2D eigenvalue weighted by molar-refractivity contribution is 14.1. The van der Waals surface area contributed by atoms with Gasteiger partial charge in [-0.05, 0) is 39.9 Å². The number of nitrogens with one attached hydrogen (secondary N) is 1. The van der Waals surface area contributed by atoms with Crippen molar-refractivity contribution < 1.29 is 4.74 Å². The molecular weight excluding hydrogens is 303 g/mol. The minimum atomic E-state index is 0.376. The fourth-order valence-corrected chi connectivity index (χ4v) is 3.78. The molecule has 3 nitrogen and oxygen atoms in total. The summed E-state index contributed by atoms with van der Waals surface area (Å²) in [7, 11) is 2.07. The molecule has 2 saturated heterocycles. The first-order chi connectivity index (χ1) is 7.22. The molecule has 0 amide bonds. The van der Waals surface area contributed by atoms with E-state index in [0.717, 1.165) is 11.2 Å². The van der Waals surface area contributed by atoms with Gasteiger partial charge in [-0.25, -0.2) is 0 Å². The average molecular weight is 324 g/mol. The van der Waals surface area contributed by atoms with Gasteiger partial charge in [-0.3, -0.25) is 4.90 Å². The van der Waals surface area contributed by atoms with Gasteiger partial charge in [0.05, 0.1) is 17.3 Å². The van der Waals surface area contributed by atoms with E-state index in [-0.39, 0.29) is 0 Å². The Kier molecular flexibility index (Phi) is 3.91. The maximum absolute atomic E-state index is 5.84. The molecule has 0 saturated carbocycles. The average Bonchev–Trinajstić information content (AvgIpc) is 2.57. The van der Waals surface area contributed by atoms with Crippen LogP contribution >= 0.6 is 22.6 Å². The van der Waals surface area contributed by atoms with Crippen LogP contribution in [0.3, 0.4) is 0 Å². The van der Waals surface area contributed by atoms with Gasteiger partial charge in [0.1, 0.15) is 0 Å². The summed E-state index contributed by atoms with van der Waals surface area (Å²) in [6, 6.07) is 0.550. The molecule has 2 aliphatic rings. The van der Waals surface area contributed by atoms with Gasteiger partial charge in [0, 0.05) is 11.5 Å². The first kappa shape index (κ1) is 12.1. The molecule has 0 aromatic heterocycles. The molecule has 0 radical (unpaired) electrons. The number of piperidine rings is 1. The lowest BCUT2D eigenvalue weighted by Gasteiger charge is -2.41. The monoisotopic (exact) mass is 324 g/mol. The van der Waals surface area contributed by atoms with E-state index in [1.165, 1.54) is 25.9 Å². The molecule has 0 aliphatic carbocycles. The molecule has 2 aliphatic heterocycles. The number of alkyl halides is 1. The van der Waals surface area contributed by atoms with Crippen molar-refractivity contribution in [2.45, 2.75) is 31.9 Å². The molecule has 15 heavy (non-hydrogen) atoms. The van der Waals surface area contributed by atoms with Crippen LogP contribution in [0, 0.1) is 5.41 Å². The van der Waals surface area contributed by atoms with Crippen molar-refractivity contribution >= 4 is 22.6 Å². The zero-order valence-corrected chi connectivity index (χ0v) is 11.8. The third-order valence-corrected chi connectivity index (χ3v) is 5.06. The quantitative estimate of drug-likeness (QED) is 0.473. The normalized spacial score (nSPS) is 36.2. The third kappa shape index (κ3) is 2.18. The summed E-state index contributed by atoms with van der Waals surface area (Å²) in [5, 5.41) is 3.46. The van der Waals surface area contributed by atoms with E-state index in [0.29, 0.717) is 17.6 Å². The molecule has 0 aromatic rings. The van der Waals surface area contributed by atoms with Crippen molar-refractivity contribution in [3.63, 3.8) is 0 Å². The molecule has 0 bridgehead atoms. The van der Waals surface area contributed by atoms with E-state index >= 15 is 0 Å². The minimum absolute atomic E-state index is 0.376. The molecule has 2 rings (SSSR count). The fraction of sp³-hybridized carbons (Fsp3) is 1.00. The molecule has 2 unspecified atom stereocenters. The molecule has 88 valence electrons. The van der Waals surface area contributed by atoms with Crippen LogP contribution < -0.4 is 5.32 Å². The standard InChI is InChI=1S/C11H21IN2O/c1-9-10(13-2)11(7-15-9)3-5-14(8-12)6-4-11/h9-10,13H,3-8H2,1-2H3. The van der Waals surface area contributed by atoms with Crippen molar-refractivity contribution in [2.75, 3.05) is 31.3 Å². The van der Waals surface area contributed by atoms with Crippen LogP contribution in [0.25, 0.3) is 0 Å². The van der Waals surface area contributed by atoms with Gasteiger partial charge in [0.2, 0.25) is 0 Å². The summed E-state index contributed by atoms with van der Waals surface area (Å²) >= 11 is 2.46. The Balaban J connectivity index is 2.02. The Morgan fingerprint density at radius 2 is 2.13 bits per heavy atom. The van der Waals surface area contributed by atoms with Gasteiger partial charge in [-0.1, -0.05) is 22.6 Å². The van der Waals surface area contributed by atoms with Crippen molar-refractivity contribution in [1.29, 1.82) is 0 Å². The highest BCUT2D eigenvalue weighted by atomic mass is 127. The van der Waals surface area contributed by atoms with Gasteiger partial charge >= 0.3 is 0 Å². The van der Waals surface area contributed by atoms with Crippen LogP contribution in [0.1, 0.15) is 19.8 Å². The van der Waals surface area contributed by atoms with E-state index in [1.807, 2.05) is 0 Å². The fourth-order valence-electron chi connectivity index (χ4n) is 3.10. The molecule has 2 heterocycles. The minimum Gasteiger partial charge on any atom is -0.376 e. The Hall–Kier alpha value is 0.610. The first-order valence-corrected chi connectivity index (χ1v) is 7.31. The van der Waals surface area contributed by atoms with Crippen LogP contribution in [-0.4, -0.2) is 48.3 Å². The van der Waals surface area contributed by atoms with E-state index in [1.54, 1.807) is 0 Å². The van der Waals surface area contributed by atoms with Gasteiger partial charge in [0.25, 0.3) is 0 Å². The summed E-state index contributed by atoms with van der Waals surface area (Å²) in [4.78, 5) is 2.53. The van der Waals surface area contributed by atoms with Crippen molar-refractivity contribution in [2.24, 2.45) is 5.41 Å². The largest absolute Gasteiger partial charge is 0.376 e. The number of hydrogen-bond acceptors (Lipinski definition) is 3. The summed E-state index contributed by atoms with van der Waals surface area (Å²) in [6.45, 7) is 5.61. The van der Waals surface area contributed by atoms with Crippen LogP contribution in [0.4, 0.5) is 0 Å². The van der Waals surface area contributed by atoms with Crippen LogP contribution in [0.5, 0.6) is 0 Å². The maximum Gasteiger partial charge on any atom is 0.0706 e. The second kappa shape index (κ2) is 4.85. The second-order valence-corrected chi connectivity index (χ2v) is 5.56. The van der Waals surface area contributed by atoms with Gasteiger partial charge in [0.15, 0.2) is 0 Å². The number of nitrogens with zero attached hydrogens (tertiary/aromatic N) is 1. The SMILES string of the molecule is CNC1C(C)OCC12CCN(CI)CC2. The smallest absolute Gasteiger partial charge is 0.0706 e. The van der Waals surface area contributed by atoms with E-state index in [2.05, 4.69) is 46.8 Å². The third-order valence-electron chi connectivity index (χ3n) is 4.09. The molecule has 4 heteroatoms. The Bertz CT molecular complexity index is 217. The number of hydrogen-bond donors (Lipinski definition) is 1. The number of halogens is 1. The summed E-state index contributed by atoms with van der Waals surface area (Å²) in [5.41, 5.74) is 0.413. The van der Waals surface area contributed by atoms with Gasteiger partial charge < -0.3 is 10.1 Å². The van der Waals surface area contributed by atoms with E-state index in [9.17, 15) is 0 Å². The van der Waals surface area contributed by atoms with Crippen molar-refractivity contribution in [3.05, 3.63) is 0 Å². The number of likely N-dealkylation sites (N-methyl/N-ethyl adjacent to an activating group) is 1. The lowest BCUT2D eigenvalue weighted by atomic mass is 9.73. The molecule has 0 aromatic carbocycles. The lowest BCUT2D eigenvalue weighted by Crippen LogP contribution is -2.51. The number of likely N-dealkylation sites (tertiary alicyclic amines) is 1. The zero-order valence-electron chi connectivity index (χ0n) is 9.63. The highest BCUT2D eigenvalue weighted by Gasteiger charge is 2.48. The Morgan fingerprint density at radius 3 is 2.67 bits per heavy atom. The van der Waals surface area contributed by atoms with Gasteiger partial charge in [-0.15, -0.1) is 0 Å². The summed E-state index contributed by atoms with van der Waals surface area (Å²) in [6.07, 6.45) is 2.94. The van der Waals surface area contributed by atoms with Gasteiger partial charge in [-0.2, -0.15) is 0 Å². The number of rotatable bonds is 2. The molecule has 1 N–H and O–H groups in total. The van der Waals surface area contributed by atoms with E-state index < -0.39 is 0 Å². The second-order valence-electron chi connectivity index (χ2n) is 4.88. The van der Waals surface area contributed by atoms with Crippen molar-refractivity contribution in [3.8, 4) is 0 Å². The topological polar surface area (TPSA) is 24.5 Å². The molecule has 1 spiro atoms. The predicted octanol–water partition coefficient (Wildman–Crippen LogP) is 1.47. The van der Waals surface area contributed by atoms with E-state index in [4.69, 9.17) is 4.74 Å².